The van der Waals surface area contributed by atoms with Crippen LogP contribution in [0.3, 0.4) is 0 Å². The summed E-state index contributed by atoms with van der Waals surface area (Å²) < 4.78 is 6.16. The van der Waals surface area contributed by atoms with Crippen molar-refractivity contribution in [2.45, 2.75) is 26.8 Å². The quantitative estimate of drug-likeness (QED) is 0.253. The summed E-state index contributed by atoms with van der Waals surface area (Å²) >= 11 is 0. The van der Waals surface area contributed by atoms with Crippen LogP contribution in [-0.2, 0) is 0 Å². The summed E-state index contributed by atoms with van der Waals surface area (Å²) in [4.78, 5) is 24.6. The lowest BCUT2D eigenvalue weighted by Crippen LogP contribution is -2.13. The Kier molecular flexibility index (Phi) is 6.19. The molecule has 4 aromatic rings. The lowest BCUT2D eigenvalue weighted by molar-refractivity contribution is 0.0698. The Balaban J connectivity index is 1.79. The second kappa shape index (κ2) is 9.23. The van der Waals surface area contributed by atoms with Gasteiger partial charge in [0.1, 0.15) is 5.58 Å². The maximum atomic E-state index is 13.0. The van der Waals surface area contributed by atoms with E-state index in [1.807, 2.05) is 45.0 Å². The van der Waals surface area contributed by atoms with Crippen LogP contribution in [0.4, 0.5) is 17.3 Å². The lowest BCUT2D eigenvalue weighted by Gasteiger charge is -2.19. The summed E-state index contributed by atoms with van der Waals surface area (Å²) in [5.41, 5.74) is 4.81. The minimum atomic E-state index is -1.03. The maximum Gasteiger partial charge on any atom is 0.337 e. The number of fused-ring (bicyclic) bond motifs is 1. The largest absolute Gasteiger partial charge is 0.478 e. The van der Waals surface area contributed by atoms with Gasteiger partial charge in [-0.15, -0.1) is 0 Å². The van der Waals surface area contributed by atoms with Gasteiger partial charge < -0.3 is 25.6 Å². The maximum absolute atomic E-state index is 13.0. The van der Waals surface area contributed by atoms with Crippen LogP contribution in [0.2, 0.25) is 0 Å². The van der Waals surface area contributed by atoms with Crippen molar-refractivity contribution in [3.8, 4) is 0 Å². The number of nitrogens with one attached hydrogen (secondary N) is 3. The van der Waals surface area contributed by atoms with Crippen LogP contribution in [0.25, 0.3) is 11.0 Å². The first-order valence-electron chi connectivity index (χ1n) is 10.8. The van der Waals surface area contributed by atoms with Gasteiger partial charge in [-0.1, -0.05) is 29.8 Å². The van der Waals surface area contributed by atoms with Gasteiger partial charge in [-0.05, 0) is 56.7 Å². The highest BCUT2D eigenvalue weighted by molar-refractivity contribution is 5.94. The van der Waals surface area contributed by atoms with Crippen LogP contribution < -0.4 is 16.1 Å². The first-order valence-corrected chi connectivity index (χ1v) is 10.8. The summed E-state index contributed by atoms with van der Waals surface area (Å²) in [6.07, 6.45) is 1.25. The average Bonchev–Trinajstić information content (AvgIpc) is 2.80. The highest BCUT2D eigenvalue weighted by Crippen LogP contribution is 2.31. The van der Waals surface area contributed by atoms with Gasteiger partial charge in [0.05, 0.1) is 17.0 Å². The number of hydrogen-bond acceptors (Lipinski definition) is 6. The average molecular weight is 456 g/mol. The number of benzene rings is 3. The fourth-order valence-electron chi connectivity index (χ4n) is 3.97. The SMILES string of the molecule is Cc1ccc(Nc2cc(=O)c3cc(C)cc(C(C)Nc4ccccc4C(=O)O)c3o2)c(C=N)c1. The van der Waals surface area contributed by atoms with Crippen molar-refractivity contribution in [3.63, 3.8) is 0 Å². The van der Waals surface area contributed by atoms with E-state index < -0.39 is 5.97 Å². The molecule has 1 unspecified atom stereocenters. The number of aromatic carboxylic acids is 1. The predicted octanol–water partition coefficient (Wildman–Crippen LogP) is 6.02. The molecular formula is C27H25N3O4. The lowest BCUT2D eigenvalue weighted by atomic mass is 10.0. The molecule has 172 valence electrons. The van der Waals surface area contributed by atoms with Gasteiger partial charge in [0.2, 0.25) is 5.88 Å². The first-order chi connectivity index (χ1) is 16.3. The van der Waals surface area contributed by atoms with Crippen molar-refractivity contribution < 1.29 is 14.3 Å². The number of aryl methyl sites for hydroxylation is 2. The van der Waals surface area contributed by atoms with Crippen LogP contribution >= 0.6 is 0 Å². The Morgan fingerprint density at radius 1 is 1.03 bits per heavy atom. The van der Waals surface area contributed by atoms with Gasteiger partial charge in [0.15, 0.2) is 5.43 Å². The third-order valence-corrected chi connectivity index (χ3v) is 5.62. The van der Waals surface area contributed by atoms with Crippen LogP contribution in [-0.4, -0.2) is 17.3 Å². The molecule has 0 aliphatic heterocycles. The van der Waals surface area contributed by atoms with E-state index in [0.29, 0.717) is 27.9 Å². The molecule has 0 bridgehead atoms. The van der Waals surface area contributed by atoms with Crippen molar-refractivity contribution in [1.82, 2.24) is 0 Å². The van der Waals surface area contributed by atoms with Gasteiger partial charge in [-0.3, -0.25) is 4.79 Å². The molecule has 0 saturated carbocycles. The number of para-hydroxylation sites is 1. The molecule has 1 aromatic heterocycles. The van der Waals surface area contributed by atoms with Crippen LogP contribution in [0, 0.1) is 19.3 Å². The summed E-state index contributed by atoms with van der Waals surface area (Å²) in [6.45, 7) is 5.73. The normalized spacial score (nSPS) is 11.7. The van der Waals surface area contributed by atoms with Crippen LogP contribution in [0.5, 0.6) is 0 Å². The fraction of sp³-hybridized carbons (Fsp3) is 0.148. The molecule has 0 aliphatic rings. The molecule has 1 heterocycles. The second-order valence-corrected chi connectivity index (χ2v) is 8.28. The van der Waals surface area contributed by atoms with Crippen molar-refractivity contribution in [3.05, 3.63) is 98.7 Å². The van der Waals surface area contributed by atoms with E-state index in [2.05, 4.69) is 10.6 Å². The molecule has 7 heteroatoms. The minimum absolute atomic E-state index is 0.161. The number of anilines is 3. The van der Waals surface area contributed by atoms with Crippen LogP contribution in [0.15, 0.2) is 69.9 Å². The number of hydrogen-bond donors (Lipinski definition) is 4. The van der Waals surface area contributed by atoms with E-state index in [1.165, 1.54) is 18.3 Å². The smallest absolute Gasteiger partial charge is 0.337 e. The van der Waals surface area contributed by atoms with Gasteiger partial charge in [0, 0.05) is 34.8 Å². The van der Waals surface area contributed by atoms with Gasteiger partial charge in [-0.25, -0.2) is 4.79 Å². The van der Waals surface area contributed by atoms with Crippen LogP contribution in [0.1, 0.15) is 45.6 Å². The Bertz CT molecular complexity index is 1470. The monoisotopic (exact) mass is 455 g/mol. The molecule has 34 heavy (non-hydrogen) atoms. The zero-order valence-electron chi connectivity index (χ0n) is 19.1. The van der Waals surface area contributed by atoms with E-state index in [-0.39, 0.29) is 22.9 Å². The highest BCUT2D eigenvalue weighted by atomic mass is 16.4. The van der Waals surface area contributed by atoms with E-state index in [4.69, 9.17) is 9.83 Å². The van der Waals surface area contributed by atoms with Crippen molar-refractivity contribution in [1.29, 1.82) is 5.41 Å². The first kappa shape index (κ1) is 22.8. The fourth-order valence-corrected chi connectivity index (χ4v) is 3.97. The standard InChI is InChI=1S/C27H25N3O4/c1-15-8-9-22(18(10-15)14-28)30-25-13-24(31)21-12-16(2)11-20(26(21)34-25)17(3)29-23-7-5-4-6-19(23)27(32)33/h4-14,17,28-30H,1-3H3,(H,32,33). The summed E-state index contributed by atoms with van der Waals surface area (Å²) in [5.74, 6) is -0.768. The molecule has 7 nitrogen and oxygen atoms in total. The van der Waals surface area contributed by atoms with E-state index >= 15 is 0 Å². The predicted molar refractivity (Wildman–Crippen MR) is 135 cm³/mol. The summed E-state index contributed by atoms with van der Waals surface area (Å²) in [6, 6.07) is 17.1. The second-order valence-electron chi connectivity index (χ2n) is 8.28. The number of rotatable bonds is 7. The van der Waals surface area contributed by atoms with E-state index in [9.17, 15) is 14.7 Å². The van der Waals surface area contributed by atoms with E-state index in [1.54, 1.807) is 24.3 Å². The minimum Gasteiger partial charge on any atom is -0.478 e. The summed E-state index contributed by atoms with van der Waals surface area (Å²) in [7, 11) is 0. The molecule has 4 N–H and O–H groups in total. The molecule has 0 radical (unpaired) electrons. The van der Waals surface area contributed by atoms with Gasteiger partial charge in [0.25, 0.3) is 0 Å². The molecule has 0 fully saturated rings. The third kappa shape index (κ3) is 4.54. The molecule has 1 atom stereocenters. The van der Waals surface area contributed by atoms with Gasteiger partial charge >= 0.3 is 5.97 Å². The molecule has 0 amide bonds. The zero-order valence-corrected chi connectivity index (χ0v) is 19.1. The van der Waals surface area contributed by atoms with Crippen molar-refractivity contribution in [2.24, 2.45) is 0 Å². The third-order valence-electron chi connectivity index (χ3n) is 5.62. The number of carboxylic acids is 1. The Morgan fingerprint density at radius 2 is 1.79 bits per heavy atom. The molecule has 4 rings (SSSR count). The summed E-state index contributed by atoms with van der Waals surface area (Å²) in [5, 5.41) is 24.0. The van der Waals surface area contributed by atoms with E-state index in [0.717, 1.165) is 16.7 Å². The highest BCUT2D eigenvalue weighted by Gasteiger charge is 2.18. The Hall–Kier alpha value is -4.39. The van der Waals surface area contributed by atoms with Gasteiger partial charge in [-0.2, -0.15) is 0 Å². The number of carbonyl (C=O) groups is 1. The van der Waals surface area contributed by atoms with Crippen molar-refractivity contribution >= 4 is 40.4 Å². The molecule has 0 aliphatic carbocycles. The number of carboxylic acid groups (broad SMARTS) is 1. The Morgan fingerprint density at radius 3 is 2.53 bits per heavy atom. The topological polar surface area (TPSA) is 115 Å². The molecular weight excluding hydrogens is 430 g/mol. The zero-order chi connectivity index (χ0) is 24.4. The molecule has 0 spiro atoms. The Labute approximate surface area is 196 Å². The van der Waals surface area contributed by atoms with Crippen molar-refractivity contribution in [2.75, 3.05) is 10.6 Å². The molecule has 3 aromatic carbocycles. The molecule has 0 saturated heterocycles.